The van der Waals surface area contributed by atoms with E-state index in [0.717, 1.165) is 44.5 Å². The molecule has 2 aliphatic rings. The molecule has 1 aromatic rings. The molecule has 1 saturated carbocycles. The molecule has 0 radical (unpaired) electrons. The molecule has 6 nitrogen and oxygen atoms in total. The van der Waals surface area contributed by atoms with Gasteiger partial charge in [-0.15, -0.1) is 5.10 Å². The van der Waals surface area contributed by atoms with Gasteiger partial charge in [0.25, 0.3) is 0 Å². The molecule has 0 unspecified atom stereocenters. The summed E-state index contributed by atoms with van der Waals surface area (Å²) in [5, 5.41) is 21.0. The van der Waals surface area contributed by atoms with E-state index in [1.165, 1.54) is 25.7 Å². The van der Waals surface area contributed by atoms with E-state index in [9.17, 15) is 9.90 Å². The second-order valence-electron chi connectivity index (χ2n) is 6.24. The van der Waals surface area contributed by atoms with Gasteiger partial charge in [0.05, 0.1) is 11.7 Å². The molecule has 0 amide bonds. The predicted octanol–water partition coefficient (Wildman–Crippen LogP) is 2.34. The number of hydrogen-bond donors (Lipinski definition) is 2. The zero-order valence-electron chi connectivity index (χ0n) is 12.4. The van der Waals surface area contributed by atoms with Crippen LogP contribution in [0.1, 0.15) is 79.5 Å². The quantitative estimate of drug-likeness (QED) is 0.836. The van der Waals surface area contributed by atoms with Crippen LogP contribution in [0.2, 0.25) is 0 Å². The highest BCUT2D eigenvalue weighted by atomic mass is 16.4. The van der Waals surface area contributed by atoms with Gasteiger partial charge in [-0.25, -0.2) is 9.48 Å². The van der Waals surface area contributed by atoms with Crippen LogP contribution in [0, 0.1) is 0 Å². The maximum atomic E-state index is 11.5. The summed E-state index contributed by atoms with van der Waals surface area (Å²) in [6.45, 7) is 1.89. The van der Waals surface area contributed by atoms with Crippen molar-refractivity contribution in [1.82, 2.24) is 20.3 Å². The highest BCUT2D eigenvalue weighted by Crippen LogP contribution is 2.33. The van der Waals surface area contributed by atoms with Crippen molar-refractivity contribution in [3.05, 3.63) is 11.4 Å². The monoisotopic (exact) mass is 292 g/mol. The van der Waals surface area contributed by atoms with Gasteiger partial charge in [-0.05, 0) is 38.8 Å². The van der Waals surface area contributed by atoms with Gasteiger partial charge in [-0.3, -0.25) is 0 Å². The molecular formula is C15H24N4O2. The minimum atomic E-state index is -0.941. The molecule has 3 rings (SSSR count). The van der Waals surface area contributed by atoms with Crippen LogP contribution in [0.15, 0.2) is 0 Å². The molecule has 0 spiro atoms. The second-order valence-corrected chi connectivity index (χ2v) is 6.24. The molecule has 1 saturated heterocycles. The van der Waals surface area contributed by atoms with Crippen LogP contribution in [0.4, 0.5) is 0 Å². The normalized spacial score (nSPS) is 22.1. The fourth-order valence-corrected chi connectivity index (χ4v) is 3.70. The molecule has 2 N–H and O–H groups in total. The number of piperidine rings is 1. The first-order chi connectivity index (χ1) is 10.3. The molecule has 2 fully saturated rings. The fraction of sp³-hybridized carbons (Fsp3) is 0.800. The number of rotatable bonds is 3. The van der Waals surface area contributed by atoms with E-state index >= 15 is 0 Å². The van der Waals surface area contributed by atoms with Crippen molar-refractivity contribution >= 4 is 5.97 Å². The lowest BCUT2D eigenvalue weighted by Crippen LogP contribution is -2.29. The average molecular weight is 292 g/mol. The summed E-state index contributed by atoms with van der Waals surface area (Å²) < 4.78 is 1.96. The number of carbonyl (C=O) groups is 1. The first-order valence-electron chi connectivity index (χ1n) is 8.16. The molecule has 2 heterocycles. The minimum absolute atomic E-state index is 0.172. The Bertz CT molecular complexity index is 486. The van der Waals surface area contributed by atoms with Gasteiger partial charge < -0.3 is 10.4 Å². The van der Waals surface area contributed by atoms with Crippen molar-refractivity contribution in [3.63, 3.8) is 0 Å². The van der Waals surface area contributed by atoms with Gasteiger partial charge in [0.15, 0.2) is 5.69 Å². The van der Waals surface area contributed by atoms with Crippen molar-refractivity contribution in [2.24, 2.45) is 0 Å². The SMILES string of the molecule is O=C(O)c1nnn(C2CCCCCC2)c1C1CCNCC1. The molecule has 0 bridgehead atoms. The highest BCUT2D eigenvalue weighted by Gasteiger charge is 2.30. The standard InChI is InChI=1S/C15H24N4O2/c20-15(21)13-14(11-7-9-16-10-8-11)19(18-17-13)12-5-3-1-2-4-6-12/h11-12,16H,1-10H2,(H,20,21). The van der Waals surface area contributed by atoms with Crippen LogP contribution in [-0.4, -0.2) is 39.2 Å². The molecule has 1 aliphatic heterocycles. The largest absolute Gasteiger partial charge is 0.476 e. The summed E-state index contributed by atoms with van der Waals surface area (Å²) in [6.07, 6.45) is 9.11. The highest BCUT2D eigenvalue weighted by molar-refractivity contribution is 5.86. The summed E-state index contributed by atoms with van der Waals surface area (Å²) in [4.78, 5) is 11.5. The van der Waals surface area contributed by atoms with Crippen LogP contribution in [0.5, 0.6) is 0 Å². The maximum Gasteiger partial charge on any atom is 0.358 e. The Morgan fingerprint density at radius 2 is 1.76 bits per heavy atom. The van der Waals surface area contributed by atoms with Gasteiger partial charge in [0.1, 0.15) is 0 Å². The number of carboxylic acids is 1. The summed E-state index contributed by atoms with van der Waals surface area (Å²) in [5.41, 5.74) is 1.04. The Morgan fingerprint density at radius 1 is 1.10 bits per heavy atom. The number of aromatic nitrogens is 3. The summed E-state index contributed by atoms with van der Waals surface area (Å²) in [7, 11) is 0. The van der Waals surface area contributed by atoms with Crippen LogP contribution in [0.25, 0.3) is 0 Å². The number of carboxylic acid groups (broad SMARTS) is 1. The molecule has 1 aliphatic carbocycles. The molecule has 0 atom stereocenters. The summed E-state index contributed by atoms with van der Waals surface area (Å²) in [5.74, 6) is -0.668. The van der Waals surface area contributed by atoms with E-state index in [1.54, 1.807) is 0 Å². The molecular weight excluding hydrogens is 268 g/mol. The van der Waals surface area contributed by atoms with E-state index in [2.05, 4.69) is 15.6 Å². The number of hydrogen-bond acceptors (Lipinski definition) is 4. The Morgan fingerprint density at radius 3 is 2.38 bits per heavy atom. The van der Waals surface area contributed by atoms with Crippen molar-refractivity contribution in [3.8, 4) is 0 Å². The van der Waals surface area contributed by atoms with E-state index in [-0.39, 0.29) is 11.6 Å². The van der Waals surface area contributed by atoms with E-state index in [4.69, 9.17) is 0 Å². The third-order valence-electron chi connectivity index (χ3n) is 4.83. The molecule has 0 aromatic carbocycles. The van der Waals surface area contributed by atoms with Gasteiger partial charge in [-0.1, -0.05) is 30.9 Å². The van der Waals surface area contributed by atoms with Crippen LogP contribution in [-0.2, 0) is 0 Å². The van der Waals surface area contributed by atoms with Gasteiger partial charge in [-0.2, -0.15) is 0 Å². The summed E-state index contributed by atoms with van der Waals surface area (Å²) >= 11 is 0. The minimum Gasteiger partial charge on any atom is -0.476 e. The molecule has 116 valence electrons. The predicted molar refractivity (Wildman–Crippen MR) is 78.6 cm³/mol. The first kappa shape index (κ1) is 14.5. The van der Waals surface area contributed by atoms with Gasteiger partial charge in [0, 0.05) is 5.92 Å². The van der Waals surface area contributed by atoms with E-state index in [0.29, 0.717) is 6.04 Å². The second kappa shape index (κ2) is 6.56. The molecule has 1 aromatic heterocycles. The summed E-state index contributed by atoms with van der Waals surface area (Å²) in [6, 6.07) is 0.331. The lowest BCUT2D eigenvalue weighted by atomic mass is 9.92. The Kier molecular flexibility index (Phi) is 4.53. The van der Waals surface area contributed by atoms with Crippen LogP contribution in [0.3, 0.4) is 0 Å². The van der Waals surface area contributed by atoms with Crippen molar-refractivity contribution in [2.75, 3.05) is 13.1 Å². The van der Waals surface area contributed by atoms with Gasteiger partial charge >= 0.3 is 5.97 Å². The smallest absolute Gasteiger partial charge is 0.358 e. The zero-order chi connectivity index (χ0) is 14.7. The first-order valence-corrected chi connectivity index (χ1v) is 8.16. The number of nitrogens with zero attached hydrogens (tertiary/aromatic N) is 3. The topological polar surface area (TPSA) is 80.0 Å². The van der Waals surface area contributed by atoms with Crippen LogP contribution < -0.4 is 5.32 Å². The average Bonchev–Trinajstić information content (AvgIpc) is 2.77. The van der Waals surface area contributed by atoms with Crippen LogP contribution >= 0.6 is 0 Å². The zero-order valence-corrected chi connectivity index (χ0v) is 12.4. The van der Waals surface area contributed by atoms with Gasteiger partial charge in [0.2, 0.25) is 0 Å². The maximum absolute atomic E-state index is 11.5. The third kappa shape index (κ3) is 3.10. The fourth-order valence-electron chi connectivity index (χ4n) is 3.70. The number of nitrogens with one attached hydrogen (secondary N) is 1. The van der Waals surface area contributed by atoms with E-state index in [1.807, 2.05) is 4.68 Å². The van der Waals surface area contributed by atoms with Crippen molar-refractivity contribution in [2.45, 2.75) is 63.3 Å². The van der Waals surface area contributed by atoms with E-state index < -0.39 is 5.97 Å². The van der Waals surface area contributed by atoms with Crippen molar-refractivity contribution < 1.29 is 9.90 Å². The third-order valence-corrected chi connectivity index (χ3v) is 4.83. The Labute approximate surface area is 124 Å². The lowest BCUT2D eigenvalue weighted by Gasteiger charge is -2.26. The Hall–Kier alpha value is -1.43. The lowest BCUT2D eigenvalue weighted by molar-refractivity contribution is 0.0688. The molecule has 6 heteroatoms. The number of aromatic carboxylic acids is 1. The molecule has 21 heavy (non-hydrogen) atoms. The van der Waals surface area contributed by atoms with Crippen molar-refractivity contribution in [1.29, 1.82) is 0 Å². The Balaban J connectivity index is 1.93.